The van der Waals surface area contributed by atoms with Crippen molar-refractivity contribution in [2.75, 3.05) is 19.8 Å². The number of nitrogens with one attached hydrogen (secondary N) is 1. The maximum absolute atomic E-state index is 5.41. The fraction of sp³-hybridized carbons (Fsp3) is 0.556. The predicted molar refractivity (Wildman–Crippen MR) is 65.6 cm³/mol. The van der Waals surface area contributed by atoms with Crippen LogP contribution in [-0.4, -0.2) is 19.8 Å². The van der Waals surface area contributed by atoms with Crippen LogP contribution in [0.4, 0.5) is 0 Å². The van der Waals surface area contributed by atoms with E-state index in [0.29, 0.717) is 6.04 Å². The normalized spacial score (nSPS) is 21.7. The zero-order valence-corrected chi connectivity index (χ0v) is 11.1. The topological polar surface area (TPSA) is 21.3 Å². The lowest BCUT2D eigenvalue weighted by atomic mass is 10.2. The molecule has 1 fully saturated rings. The Morgan fingerprint density at radius 3 is 2.93 bits per heavy atom. The molecule has 0 bridgehead atoms. The first-order valence-electron chi connectivity index (χ1n) is 4.34. The highest BCUT2D eigenvalue weighted by Crippen LogP contribution is 2.31. The molecule has 0 saturated carbocycles. The molecule has 2 rings (SSSR count). The highest BCUT2D eigenvalue weighted by molar-refractivity contribution is 9.11. The van der Waals surface area contributed by atoms with Crippen LogP contribution < -0.4 is 5.32 Å². The van der Waals surface area contributed by atoms with E-state index in [4.69, 9.17) is 4.74 Å². The minimum absolute atomic E-state index is 0. The molecule has 0 radical (unpaired) electrons. The van der Waals surface area contributed by atoms with E-state index < -0.39 is 0 Å². The number of aryl methyl sites for hydroxylation is 1. The first-order chi connectivity index (χ1) is 6.27. The van der Waals surface area contributed by atoms with Crippen LogP contribution in [0.5, 0.6) is 0 Å². The van der Waals surface area contributed by atoms with Crippen molar-refractivity contribution in [2.24, 2.45) is 0 Å². The summed E-state index contributed by atoms with van der Waals surface area (Å²) in [7, 11) is 0. The molecule has 14 heavy (non-hydrogen) atoms. The number of ether oxygens (including phenoxy) is 1. The number of hydrogen-bond donors (Lipinski definition) is 1. The van der Waals surface area contributed by atoms with E-state index in [1.54, 1.807) is 11.3 Å². The van der Waals surface area contributed by atoms with E-state index in [9.17, 15) is 0 Å². The number of rotatable bonds is 1. The van der Waals surface area contributed by atoms with Gasteiger partial charge in [0.2, 0.25) is 0 Å². The first kappa shape index (κ1) is 12.5. The molecule has 1 aliphatic rings. The predicted octanol–water partition coefficient (Wildman–Crippen LogP) is 2.90. The van der Waals surface area contributed by atoms with E-state index in [2.05, 4.69) is 34.2 Å². The summed E-state index contributed by atoms with van der Waals surface area (Å²) in [4.78, 5) is 1.36. The van der Waals surface area contributed by atoms with Crippen molar-refractivity contribution in [1.29, 1.82) is 0 Å². The van der Waals surface area contributed by atoms with Gasteiger partial charge in [0.25, 0.3) is 0 Å². The summed E-state index contributed by atoms with van der Waals surface area (Å²) >= 11 is 5.33. The SMILES string of the molecule is Cc1cc([C@H]2COCCN2)sc1Br.Cl. The van der Waals surface area contributed by atoms with Gasteiger partial charge < -0.3 is 10.1 Å². The Morgan fingerprint density at radius 1 is 1.64 bits per heavy atom. The molecule has 1 N–H and O–H groups in total. The summed E-state index contributed by atoms with van der Waals surface area (Å²) in [5.74, 6) is 0. The van der Waals surface area contributed by atoms with Gasteiger partial charge in [-0.25, -0.2) is 0 Å². The second-order valence-electron chi connectivity index (χ2n) is 3.19. The van der Waals surface area contributed by atoms with Gasteiger partial charge in [0.1, 0.15) is 0 Å². The molecule has 80 valence electrons. The van der Waals surface area contributed by atoms with Gasteiger partial charge >= 0.3 is 0 Å². The van der Waals surface area contributed by atoms with Crippen LogP contribution in [0.25, 0.3) is 0 Å². The lowest BCUT2D eigenvalue weighted by molar-refractivity contribution is 0.0779. The molecule has 1 aromatic heterocycles. The van der Waals surface area contributed by atoms with Gasteiger partial charge in [-0.3, -0.25) is 0 Å². The van der Waals surface area contributed by atoms with Crippen molar-refractivity contribution in [3.63, 3.8) is 0 Å². The molecule has 5 heteroatoms. The van der Waals surface area contributed by atoms with Crippen LogP contribution in [0, 0.1) is 6.92 Å². The number of morpholine rings is 1. The minimum Gasteiger partial charge on any atom is -0.378 e. The number of halogens is 2. The zero-order valence-electron chi connectivity index (χ0n) is 7.88. The van der Waals surface area contributed by atoms with Gasteiger partial charge in [-0.2, -0.15) is 0 Å². The Bertz CT molecular complexity index is 280. The van der Waals surface area contributed by atoms with Crippen molar-refractivity contribution in [2.45, 2.75) is 13.0 Å². The standard InChI is InChI=1S/C9H12BrNOS.ClH/c1-6-4-8(13-9(6)10)7-5-12-3-2-11-7;/h4,7,11H,2-3,5H2,1H3;1H/t7-;/m1./s1. The fourth-order valence-electron chi connectivity index (χ4n) is 1.40. The van der Waals surface area contributed by atoms with Crippen molar-refractivity contribution in [3.8, 4) is 0 Å². The molecule has 1 saturated heterocycles. The van der Waals surface area contributed by atoms with Gasteiger partial charge in [0, 0.05) is 11.4 Å². The average Bonchev–Trinajstić information content (AvgIpc) is 2.49. The third kappa shape index (κ3) is 2.70. The summed E-state index contributed by atoms with van der Waals surface area (Å²) in [6.07, 6.45) is 0. The molecule has 1 aromatic rings. The van der Waals surface area contributed by atoms with Gasteiger partial charge in [0.05, 0.1) is 23.0 Å². The molecule has 0 spiro atoms. The summed E-state index contributed by atoms with van der Waals surface area (Å²) in [6.45, 7) is 4.71. The Balaban J connectivity index is 0.000000980. The third-order valence-corrected chi connectivity index (χ3v) is 4.39. The number of thiophene rings is 1. The quantitative estimate of drug-likeness (QED) is 0.861. The van der Waals surface area contributed by atoms with Gasteiger partial charge in [-0.05, 0) is 34.5 Å². The molecule has 1 aliphatic heterocycles. The zero-order chi connectivity index (χ0) is 9.26. The molecule has 1 atom stereocenters. The smallest absolute Gasteiger partial charge is 0.0731 e. The van der Waals surface area contributed by atoms with Crippen LogP contribution in [0.1, 0.15) is 16.5 Å². The summed E-state index contributed by atoms with van der Waals surface area (Å²) in [5.41, 5.74) is 1.31. The van der Waals surface area contributed by atoms with E-state index in [1.165, 1.54) is 14.2 Å². The monoisotopic (exact) mass is 297 g/mol. The lowest BCUT2D eigenvalue weighted by Gasteiger charge is -2.22. The second kappa shape index (κ2) is 5.47. The van der Waals surface area contributed by atoms with E-state index in [1.807, 2.05) is 0 Å². The van der Waals surface area contributed by atoms with Crippen LogP contribution >= 0.6 is 39.7 Å². The maximum Gasteiger partial charge on any atom is 0.0731 e. The van der Waals surface area contributed by atoms with E-state index in [-0.39, 0.29) is 12.4 Å². The largest absolute Gasteiger partial charge is 0.378 e. The van der Waals surface area contributed by atoms with Crippen molar-refractivity contribution in [3.05, 3.63) is 20.3 Å². The van der Waals surface area contributed by atoms with Crippen molar-refractivity contribution < 1.29 is 4.74 Å². The molecule has 2 nitrogen and oxygen atoms in total. The first-order valence-corrected chi connectivity index (χ1v) is 5.95. The van der Waals surface area contributed by atoms with Crippen molar-refractivity contribution in [1.82, 2.24) is 5.32 Å². The van der Waals surface area contributed by atoms with E-state index >= 15 is 0 Å². The Morgan fingerprint density at radius 2 is 2.43 bits per heavy atom. The Labute approximate surface area is 103 Å². The molecule has 0 unspecified atom stereocenters. The van der Waals surface area contributed by atoms with Crippen LogP contribution in [0.15, 0.2) is 9.85 Å². The molecule has 0 amide bonds. The van der Waals surface area contributed by atoms with Crippen LogP contribution in [0.3, 0.4) is 0 Å². The second-order valence-corrected chi connectivity index (χ2v) is 5.59. The molecular weight excluding hydrogens is 286 g/mol. The van der Waals surface area contributed by atoms with Crippen LogP contribution in [-0.2, 0) is 4.74 Å². The van der Waals surface area contributed by atoms with Crippen molar-refractivity contribution >= 4 is 39.7 Å². The highest BCUT2D eigenvalue weighted by Gasteiger charge is 2.17. The van der Waals surface area contributed by atoms with E-state index in [0.717, 1.165) is 19.8 Å². The number of hydrogen-bond acceptors (Lipinski definition) is 3. The molecule has 0 aromatic carbocycles. The lowest BCUT2D eigenvalue weighted by Crippen LogP contribution is -2.33. The maximum atomic E-state index is 5.41. The highest BCUT2D eigenvalue weighted by atomic mass is 79.9. The summed E-state index contributed by atoms with van der Waals surface area (Å²) < 4.78 is 6.65. The van der Waals surface area contributed by atoms with Crippen LogP contribution in [0.2, 0.25) is 0 Å². The Hall–Kier alpha value is 0.390. The Kier molecular flexibility index (Phi) is 4.87. The van der Waals surface area contributed by atoms with Gasteiger partial charge in [0.15, 0.2) is 0 Å². The average molecular weight is 299 g/mol. The fourth-order valence-corrected chi connectivity index (χ4v) is 3.03. The minimum atomic E-state index is 0. The molecule has 0 aliphatic carbocycles. The van der Waals surface area contributed by atoms with Gasteiger partial charge in [-0.15, -0.1) is 23.7 Å². The molecular formula is C9H13BrClNOS. The molecule has 2 heterocycles. The van der Waals surface area contributed by atoms with Gasteiger partial charge in [-0.1, -0.05) is 0 Å². The summed E-state index contributed by atoms with van der Waals surface area (Å²) in [6, 6.07) is 2.62. The third-order valence-electron chi connectivity index (χ3n) is 2.14. The summed E-state index contributed by atoms with van der Waals surface area (Å²) in [5, 5.41) is 3.44.